The van der Waals surface area contributed by atoms with Gasteiger partial charge in [0.1, 0.15) is 11.2 Å². The van der Waals surface area contributed by atoms with Crippen LogP contribution in [0.15, 0.2) is 12.4 Å². The highest BCUT2D eigenvalue weighted by Crippen LogP contribution is 2.28. The van der Waals surface area contributed by atoms with Crippen LogP contribution in [-0.2, 0) is 6.42 Å². The van der Waals surface area contributed by atoms with Crippen molar-refractivity contribution in [3.05, 3.63) is 17.3 Å². The van der Waals surface area contributed by atoms with E-state index in [2.05, 4.69) is 28.4 Å². The predicted octanol–water partition coefficient (Wildman–Crippen LogP) is 2.71. The van der Waals surface area contributed by atoms with Crippen LogP contribution in [-0.4, -0.2) is 9.97 Å². The molecule has 0 atom stereocenters. The van der Waals surface area contributed by atoms with Gasteiger partial charge in [0.25, 0.3) is 0 Å². The third-order valence-electron chi connectivity index (χ3n) is 2.54. The summed E-state index contributed by atoms with van der Waals surface area (Å²) in [6.45, 7) is 2.22. The van der Waals surface area contributed by atoms with Gasteiger partial charge in [-0.05, 0) is 18.9 Å². The fraction of sp³-hybridized carbons (Fsp3) is 0.455. The van der Waals surface area contributed by atoms with E-state index in [9.17, 15) is 0 Å². The lowest BCUT2D eigenvalue weighted by atomic mass is 10.2. The fourth-order valence-electron chi connectivity index (χ4n) is 1.69. The van der Waals surface area contributed by atoms with Crippen LogP contribution in [0.5, 0.6) is 0 Å². The summed E-state index contributed by atoms with van der Waals surface area (Å²) in [4.78, 5) is 10.7. The Hall–Kier alpha value is -1.20. The van der Waals surface area contributed by atoms with E-state index < -0.39 is 0 Å². The second-order valence-corrected chi connectivity index (χ2v) is 4.87. The molecular formula is C11H16N4S. The first kappa shape index (κ1) is 11.3. The van der Waals surface area contributed by atoms with E-state index in [1.165, 1.54) is 24.1 Å². The Labute approximate surface area is 98.9 Å². The molecule has 0 aliphatic rings. The zero-order chi connectivity index (χ0) is 11.4. The minimum absolute atomic E-state index is 0.711. The van der Waals surface area contributed by atoms with Crippen LogP contribution in [0.3, 0.4) is 0 Å². The Kier molecular flexibility index (Phi) is 3.69. The average Bonchev–Trinajstić information content (AvgIpc) is 2.71. The molecule has 0 aliphatic heterocycles. The van der Waals surface area contributed by atoms with Crippen LogP contribution in [0.25, 0.3) is 10.2 Å². The number of hydrazine groups is 1. The SMILES string of the molecule is CCCCCc1cc2c(NN)ncnc2s1. The molecule has 2 aromatic heterocycles. The molecule has 0 bridgehead atoms. The van der Waals surface area contributed by atoms with Crippen molar-refractivity contribution in [2.24, 2.45) is 5.84 Å². The number of nitrogens with zero attached hydrogens (tertiary/aromatic N) is 2. The van der Waals surface area contributed by atoms with Gasteiger partial charge in [0.2, 0.25) is 0 Å². The van der Waals surface area contributed by atoms with Crippen LogP contribution in [0.4, 0.5) is 5.82 Å². The molecule has 2 rings (SSSR count). The van der Waals surface area contributed by atoms with Gasteiger partial charge in [-0.3, -0.25) is 0 Å². The normalized spacial score (nSPS) is 10.9. The predicted molar refractivity (Wildman–Crippen MR) is 68.5 cm³/mol. The third kappa shape index (κ3) is 2.31. The Morgan fingerprint density at radius 2 is 2.25 bits per heavy atom. The van der Waals surface area contributed by atoms with Gasteiger partial charge < -0.3 is 5.43 Å². The number of thiophene rings is 1. The van der Waals surface area contributed by atoms with Gasteiger partial charge in [-0.25, -0.2) is 15.8 Å². The van der Waals surface area contributed by atoms with Gasteiger partial charge in [-0.1, -0.05) is 19.8 Å². The van der Waals surface area contributed by atoms with Crippen molar-refractivity contribution in [3.8, 4) is 0 Å². The summed E-state index contributed by atoms with van der Waals surface area (Å²) in [5.74, 6) is 6.12. The standard InChI is InChI=1S/C11H16N4S/c1-2-3-4-5-8-6-9-10(15-12)13-7-14-11(9)16-8/h6-7H,2-5,12H2,1H3,(H,13,14,15). The van der Waals surface area contributed by atoms with Gasteiger partial charge in [-0.15, -0.1) is 11.3 Å². The molecule has 0 saturated heterocycles. The number of hydrogen-bond acceptors (Lipinski definition) is 5. The quantitative estimate of drug-likeness (QED) is 0.476. The van der Waals surface area contributed by atoms with E-state index >= 15 is 0 Å². The van der Waals surface area contributed by atoms with E-state index in [0.717, 1.165) is 16.6 Å². The molecule has 0 unspecified atom stereocenters. The van der Waals surface area contributed by atoms with Gasteiger partial charge in [0.05, 0.1) is 5.39 Å². The van der Waals surface area contributed by atoms with Crippen molar-refractivity contribution >= 4 is 27.4 Å². The summed E-state index contributed by atoms with van der Waals surface area (Å²) in [6.07, 6.45) is 6.44. The lowest BCUT2D eigenvalue weighted by Crippen LogP contribution is -2.08. The molecule has 0 amide bonds. The number of anilines is 1. The van der Waals surface area contributed by atoms with E-state index in [1.54, 1.807) is 17.7 Å². The van der Waals surface area contributed by atoms with Crippen LogP contribution in [0, 0.1) is 0 Å². The highest BCUT2D eigenvalue weighted by Gasteiger charge is 2.07. The van der Waals surface area contributed by atoms with Gasteiger partial charge in [-0.2, -0.15) is 0 Å². The number of unbranched alkanes of at least 4 members (excludes halogenated alkanes) is 2. The molecular weight excluding hydrogens is 220 g/mol. The topological polar surface area (TPSA) is 63.8 Å². The summed E-state index contributed by atoms with van der Waals surface area (Å²) in [5, 5.41) is 1.03. The number of nitrogens with two attached hydrogens (primary N) is 1. The number of fused-ring (bicyclic) bond motifs is 1. The van der Waals surface area contributed by atoms with Crippen LogP contribution >= 0.6 is 11.3 Å². The molecule has 2 heterocycles. The van der Waals surface area contributed by atoms with E-state index in [0.29, 0.717) is 5.82 Å². The van der Waals surface area contributed by atoms with Crippen molar-refractivity contribution in [3.63, 3.8) is 0 Å². The Morgan fingerprint density at radius 3 is 3.00 bits per heavy atom. The molecule has 5 heteroatoms. The van der Waals surface area contributed by atoms with Crippen LogP contribution in [0.1, 0.15) is 31.1 Å². The molecule has 16 heavy (non-hydrogen) atoms. The van der Waals surface area contributed by atoms with Crippen LogP contribution in [0.2, 0.25) is 0 Å². The molecule has 0 saturated carbocycles. The van der Waals surface area contributed by atoms with Crippen LogP contribution < -0.4 is 11.3 Å². The van der Waals surface area contributed by atoms with Crippen molar-refractivity contribution in [1.29, 1.82) is 0 Å². The molecule has 0 aromatic carbocycles. The Balaban J connectivity index is 2.22. The first-order valence-corrected chi connectivity index (χ1v) is 6.37. The number of aromatic nitrogens is 2. The van der Waals surface area contributed by atoms with E-state index in [-0.39, 0.29) is 0 Å². The summed E-state index contributed by atoms with van der Waals surface area (Å²) < 4.78 is 0. The second kappa shape index (κ2) is 5.23. The molecule has 0 aliphatic carbocycles. The fourth-order valence-corrected chi connectivity index (χ4v) is 2.73. The summed E-state index contributed by atoms with van der Waals surface area (Å²) >= 11 is 1.73. The average molecular weight is 236 g/mol. The molecule has 0 spiro atoms. The second-order valence-electron chi connectivity index (χ2n) is 3.76. The summed E-state index contributed by atoms with van der Waals surface area (Å²) in [5.41, 5.74) is 2.61. The van der Waals surface area contributed by atoms with Crippen molar-refractivity contribution in [2.75, 3.05) is 5.43 Å². The number of nitrogens with one attached hydrogen (secondary N) is 1. The molecule has 86 valence electrons. The zero-order valence-corrected chi connectivity index (χ0v) is 10.2. The Bertz CT molecular complexity index is 466. The summed E-state index contributed by atoms with van der Waals surface area (Å²) in [6, 6.07) is 2.14. The molecule has 4 nitrogen and oxygen atoms in total. The zero-order valence-electron chi connectivity index (χ0n) is 9.36. The molecule has 3 N–H and O–H groups in total. The minimum atomic E-state index is 0.711. The third-order valence-corrected chi connectivity index (χ3v) is 3.65. The lowest BCUT2D eigenvalue weighted by Gasteiger charge is -1.97. The van der Waals surface area contributed by atoms with Crippen molar-refractivity contribution < 1.29 is 0 Å². The largest absolute Gasteiger partial charge is 0.308 e. The number of hydrogen-bond donors (Lipinski definition) is 2. The molecule has 0 fully saturated rings. The highest BCUT2D eigenvalue weighted by atomic mass is 32.1. The first-order valence-electron chi connectivity index (χ1n) is 5.55. The van der Waals surface area contributed by atoms with Gasteiger partial charge in [0, 0.05) is 4.88 Å². The van der Waals surface area contributed by atoms with Crippen molar-refractivity contribution in [2.45, 2.75) is 32.6 Å². The maximum atomic E-state index is 5.41. The van der Waals surface area contributed by atoms with Gasteiger partial charge >= 0.3 is 0 Å². The van der Waals surface area contributed by atoms with E-state index in [1.807, 2.05) is 0 Å². The first-order chi connectivity index (χ1) is 7.85. The highest BCUT2D eigenvalue weighted by molar-refractivity contribution is 7.18. The van der Waals surface area contributed by atoms with Gasteiger partial charge in [0.15, 0.2) is 5.82 Å². The molecule has 0 radical (unpaired) electrons. The maximum Gasteiger partial charge on any atom is 0.152 e. The smallest absolute Gasteiger partial charge is 0.152 e. The van der Waals surface area contributed by atoms with Crippen molar-refractivity contribution in [1.82, 2.24) is 9.97 Å². The minimum Gasteiger partial charge on any atom is -0.308 e. The van der Waals surface area contributed by atoms with E-state index in [4.69, 9.17) is 5.84 Å². The number of aryl methyl sites for hydroxylation is 1. The maximum absolute atomic E-state index is 5.41. The number of rotatable bonds is 5. The summed E-state index contributed by atoms with van der Waals surface area (Å²) in [7, 11) is 0. The lowest BCUT2D eigenvalue weighted by molar-refractivity contribution is 0.723. The Morgan fingerprint density at radius 1 is 1.38 bits per heavy atom. The number of nitrogen functional groups attached to an aromatic ring is 1. The molecule has 2 aromatic rings. The monoisotopic (exact) mass is 236 g/mol.